The van der Waals surface area contributed by atoms with Gasteiger partial charge in [-0.3, -0.25) is 4.79 Å². The fourth-order valence-electron chi connectivity index (χ4n) is 5.18. The van der Waals surface area contributed by atoms with E-state index >= 15 is 0 Å². The van der Waals surface area contributed by atoms with Crippen molar-refractivity contribution in [2.24, 2.45) is 11.3 Å². The summed E-state index contributed by atoms with van der Waals surface area (Å²) in [6, 6.07) is 1.82. The number of aliphatic hydroxyl groups excluding tert-OH is 1. The Bertz CT molecular complexity index is 1200. The molecule has 0 aliphatic heterocycles. The standard InChI is InChI=1S/C22H28ClN7O2/c1-12(2)30-11-25-17-18(26-15-8-14(23)9-24-20(15)32)28-21(29-19(17)30)27-16-7-13-3-5-22(16,10-31)6-4-13/h8-9,11-13,16,31H,3-7,10H2,1-2H3,(H,24,32)(H2,26,27,28,29)/t13?,16-,22?/m1/s1. The molecule has 1 atom stereocenters. The average molecular weight is 458 g/mol. The largest absolute Gasteiger partial charge is 0.396 e. The van der Waals surface area contributed by atoms with E-state index in [1.807, 2.05) is 4.57 Å². The highest BCUT2D eigenvalue weighted by Crippen LogP contribution is 2.50. The highest BCUT2D eigenvalue weighted by Gasteiger charge is 2.47. The summed E-state index contributed by atoms with van der Waals surface area (Å²) in [6.45, 7) is 4.28. The Morgan fingerprint density at radius 3 is 2.84 bits per heavy atom. The summed E-state index contributed by atoms with van der Waals surface area (Å²) in [5.41, 5.74) is 1.10. The molecule has 6 rings (SSSR count). The van der Waals surface area contributed by atoms with E-state index in [4.69, 9.17) is 21.6 Å². The second kappa shape index (κ2) is 8.04. The van der Waals surface area contributed by atoms with E-state index in [0.717, 1.165) is 19.3 Å². The predicted octanol–water partition coefficient (Wildman–Crippen LogP) is 3.85. The Kier molecular flexibility index (Phi) is 5.33. The molecule has 170 valence electrons. The van der Waals surface area contributed by atoms with Crippen LogP contribution in [0, 0.1) is 11.3 Å². The summed E-state index contributed by atoms with van der Waals surface area (Å²) >= 11 is 6.08. The van der Waals surface area contributed by atoms with Gasteiger partial charge in [-0.05, 0) is 57.9 Å². The molecule has 9 nitrogen and oxygen atoms in total. The average Bonchev–Trinajstić information content (AvgIpc) is 3.22. The SMILES string of the molecule is CC(C)n1cnc2c(Nc3cc(Cl)c[nH]c3=O)nc(N[C@@H]3CC4CCC3(CO)CC4)nc21. The van der Waals surface area contributed by atoms with Gasteiger partial charge in [-0.2, -0.15) is 9.97 Å². The van der Waals surface area contributed by atoms with Crippen LogP contribution in [0.15, 0.2) is 23.4 Å². The maximum atomic E-state index is 12.3. The lowest BCUT2D eigenvalue weighted by atomic mass is 9.58. The maximum absolute atomic E-state index is 12.3. The van der Waals surface area contributed by atoms with Crippen molar-refractivity contribution < 1.29 is 5.11 Å². The van der Waals surface area contributed by atoms with Crippen LogP contribution >= 0.6 is 11.6 Å². The number of pyridine rings is 1. The molecule has 3 aliphatic rings. The van der Waals surface area contributed by atoms with Crippen LogP contribution in [0.25, 0.3) is 11.2 Å². The number of anilines is 3. The molecular formula is C22H28ClN7O2. The number of H-pyrrole nitrogens is 1. The van der Waals surface area contributed by atoms with Crippen LogP contribution in [-0.4, -0.2) is 42.3 Å². The molecule has 3 heterocycles. The van der Waals surface area contributed by atoms with Crippen LogP contribution in [0.5, 0.6) is 0 Å². The third kappa shape index (κ3) is 3.63. The summed E-state index contributed by atoms with van der Waals surface area (Å²) in [4.78, 5) is 28.9. The zero-order chi connectivity index (χ0) is 22.5. The van der Waals surface area contributed by atoms with Crippen molar-refractivity contribution in [3.05, 3.63) is 34.0 Å². The Morgan fingerprint density at radius 1 is 1.34 bits per heavy atom. The Labute approximate surface area is 190 Å². The summed E-state index contributed by atoms with van der Waals surface area (Å²) in [7, 11) is 0. The molecule has 3 saturated carbocycles. The third-order valence-corrected chi connectivity index (χ3v) is 7.34. The lowest BCUT2D eigenvalue weighted by molar-refractivity contribution is -0.00281. The molecule has 3 aromatic heterocycles. The fourth-order valence-corrected chi connectivity index (χ4v) is 5.34. The number of imidazole rings is 1. The number of halogens is 1. The number of hydrogen-bond donors (Lipinski definition) is 4. The minimum atomic E-state index is -0.303. The number of aromatic amines is 1. The van der Waals surface area contributed by atoms with Gasteiger partial charge in [0.2, 0.25) is 5.95 Å². The minimum Gasteiger partial charge on any atom is -0.396 e. The highest BCUT2D eigenvalue weighted by molar-refractivity contribution is 6.30. The van der Waals surface area contributed by atoms with Gasteiger partial charge < -0.3 is 25.3 Å². The number of aromatic nitrogens is 5. The number of aliphatic hydroxyl groups is 1. The van der Waals surface area contributed by atoms with E-state index in [9.17, 15) is 9.90 Å². The smallest absolute Gasteiger partial charge is 0.271 e. The molecule has 0 amide bonds. The van der Waals surface area contributed by atoms with Gasteiger partial charge in [-0.1, -0.05) is 11.6 Å². The Balaban J connectivity index is 1.56. The second-order valence-electron chi connectivity index (χ2n) is 9.40. The molecule has 4 N–H and O–H groups in total. The van der Waals surface area contributed by atoms with E-state index < -0.39 is 0 Å². The molecular weight excluding hydrogens is 430 g/mol. The van der Waals surface area contributed by atoms with Crippen LogP contribution in [0.3, 0.4) is 0 Å². The summed E-state index contributed by atoms with van der Waals surface area (Å²) < 4.78 is 1.98. The number of nitrogens with zero attached hydrogens (tertiary/aromatic N) is 4. The van der Waals surface area contributed by atoms with Crippen LogP contribution in [-0.2, 0) is 0 Å². The van der Waals surface area contributed by atoms with Crippen molar-refractivity contribution in [1.29, 1.82) is 0 Å². The van der Waals surface area contributed by atoms with E-state index in [-0.39, 0.29) is 35.4 Å². The Morgan fingerprint density at radius 2 is 2.12 bits per heavy atom. The molecule has 10 heteroatoms. The first-order chi connectivity index (χ1) is 15.4. The maximum Gasteiger partial charge on any atom is 0.271 e. The normalized spacial score (nSPS) is 24.9. The lowest BCUT2D eigenvalue weighted by Gasteiger charge is -2.51. The van der Waals surface area contributed by atoms with E-state index in [1.165, 1.54) is 19.0 Å². The zero-order valence-electron chi connectivity index (χ0n) is 18.2. The lowest BCUT2D eigenvalue weighted by Crippen LogP contribution is -2.52. The van der Waals surface area contributed by atoms with Gasteiger partial charge in [-0.25, -0.2) is 4.98 Å². The highest BCUT2D eigenvalue weighted by atomic mass is 35.5. The molecule has 0 saturated heterocycles. The van der Waals surface area contributed by atoms with E-state index in [2.05, 4.69) is 34.4 Å². The van der Waals surface area contributed by atoms with E-state index in [1.54, 1.807) is 12.4 Å². The summed E-state index contributed by atoms with van der Waals surface area (Å²) in [6.07, 6.45) is 8.55. The number of nitrogens with one attached hydrogen (secondary N) is 3. The van der Waals surface area contributed by atoms with Crippen molar-refractivity contribution >= 4 is 40.2 Å². The molecule has 32 heavy (non-hydrogen) atoms. The molecule has 0 spiro atoms. The molecule has 2 bridgehead atoms. The van der Waals surface area contributed by atoms with Gasteiger partial charge in [0.15, 0.2) is 17.0 Å². The zero-order valence-corrected chi connectivity index (χ0v) is 19.0. The first-order valence-electron chi connectivity index (χ1n) is 11.2. The molecule has 3 aliphatic carbocycles. The monoisotopic (exact) mass is 457 g/mol. The van der Waals surface area contributed by atoms with Crippen LogP contribution in [0.2, 0.25) is 5.02 Å². The third-order valence-electron chi connectivity index (χ3n) is 7.13. The van der Waals surface area contributed by atoms with Gasteiger partial charge in [-0.15, -0.1) is 0 Å². The second-order valence-corrected chi connectivity index (χ2v) is 9.83. The topological polar surface area (TPSA) is 121 Å². The first kappa shape index (κ1) is 21.2. The summed E-state index contributed by atoms with van der Waals surface area (Å²) in [5, 5.41) is 17.3. The first-order valence-corrected chi connectivity index (χ1v) is 11.5. The number of rotatable bonds is 6. The van der Waals surface area contributed by atoms with E-state index in [0.29, 0.717) is 33.9 Å². The quantitative estimate of drug-likeness (QED) is 0.443. The van der Waals surface area contributed by atoms with Gasteiger partial charge in [0, 0.05) is 23.7 Å². The fraction of sp³-hybridized carbons (Fsp3) is 0.545. The summed E-state index contributed by atoms with van der Waals surface area (Å²) in [5.74, 6) is 1.57. The van der Waals surface area contributed by atoms with Gasteiger partial charge >= 0.3 is 0 Å². The van der Waals surface area contributed by atoms with Crippen molar-refractivity contribution in [3.8, 4) is 0 Å². The molecule has 3 fully saturated rings. The van der Waals surface area contributed by atoms with Crippen LogP contribution < -0.4 is 16.2 Å². The number of hydrogen-bond acceptors (Lipinski definition) is 7. The van der Waals surface area contributed by atoms with Crippen LogP contribution in [0.4, 0.5) is 17.5 Å². The van der Waals surface area contributed by atoms with Gasteiger partial charge in [0.05, 0.1) is 18.0 Å². The number of fused-ring (bicyclic) bond motifs is 4. The van der Waals surface area contributed by atoms with Gasteiger partial charge in [0.25, 0.3) is 5.56 Å². The van der Waals surface area contributed by atoms with Crippen LogP contribution in [0.1, 0.15) is 52.0 Å². The predicted molar refractivity (Wildman–Crippen MR) is 125 cm³/mol. The van der Waals surface area contributed by atoms with Crippen molar-refractivity contribution in [1.82, 2.24) is 24.5 Å². The minimum absolute atomic E-state index is 0.107. The molecule has 0 unspecified atom stereocenters. The van der Waals surface area contributed by atoms with Crippen molar-refractivity contribution in [3.63, 3.8) is 0 Å². The molecule has 3 aromatic rings. The molecule has 0 aromatic carbocycles. The van der Waals surface area contributed by atoms with Gasteiger partial charge in [0.1, 0.15) is 5.69 Å². The van der Waals surface area contributed by atoms with Crippen molar-refractivity contribution in [2.75, 3.05) is 17.2 Å². The van der Waals surface area contributed by atoms with Crippen molar-refractivity contribution in [2.45, 2.75) is 58.0 Å². The molecule has 0 radical (unpaired) electrons. The Hall–Kier alpha value is -2.65.